The molecular weight excluding hydrogens is 520 g/mol. The molecule has 2 aliphatic heterocycles. The Kier molecular flexibility index (Phi) is 6.07. The number of benzene rings is 3. The number of hydrogen-bond donors (Lipinski definition) is 2. The van der Waals surface area contributed by atoms with Crippen LogP contribution in [-0.2, 0) is 10.0 Å². The Morgan fingerprint density at radius 2 is 1.67 bits per heavy atom. The van der Waals surface area contributed by atoms with Gasteiger partial charge in [-0.25, -0.2) is 18.1 Å². The summed E-state index contributed by atoms with van der Waals surface area (Å²) in [5, 5.41) is 2.85. The van der Waals surface area contributed by atoms with Crippen molar-refractivity contribution >= 4 is 21.9 Å². The Labute approximate surface area is 225 Å². The van der Waals surface area contributed by atoms with Crippen molar-refractivity contribution in [3.05, 3.63) is 89.0 Å². The first-order chi connectivity index (χ1) is 18.8. The van der Waals surface area contributed by atoms with Gasteiger partial charge in [0.2, 0.25) is 18.6 Å². The number of amides is 1. The molecular formula is C28H24N4O6S. The van der Waals surface area contributed by atoms with Gasteiger partial charge in [0.25, 0.3) is 15.9 Å². The van der Waals surface area contributed by atoms with Crippen LogP contribution >= 0.6 is 0 Å². The van der Waals surface area contributed by atoms with Gasteiger partial charge in [-0.2, -0.15) is 4.98 Å². The second kappa shape index (κ2) is 9.59. The molecule has 0 fully saturated rings. The molecule has 198 valence electrons. The van der Waals surface area contributed by atoms with Gasteiger partial charge in [-0.05, 0) is 60.9 Å². The lowest BCUT2D eigenvalue weighted by molar-refractivity contribution is 0.0925. The molecule has 3 aromatic carbocycles. The standard InChI is InChI=1S/C28H24N4O6S/c1-16-5-3-6-17(2)26(16)21-13-25-31-28(30-21)32-39(34,35)20-8-4-7-19(11-20)27(33)29-14-24(38-25)18-9-10-22-23(12-18)37-15-36-22/h3-13,24H,14-15H2,1-2H3,(H,29,33)(H,30,31,32). The second-order valence-corrected chi connectivity index (χ2v) is 10.9. The maximum atomic E-state index is 13.3. The summed E-state index contributed by atoms with van der Waals surface area (Å²) in [6.45, 7) is 4.09. The van der Waals surface area contributed by atoms with Crippen molar-refractivity contribution in [2.75, 3.05) is 18.1 Å². The van der Waals surface area contributed by atoms with Gasteiger partial charge in [-0.1, -0.05) is 30.3 Å². The summed E-state index contributed by atoms with van der Waals surface area (Å²) in [6, 6.07) is 18.6. The lowest BCUT2D eigenvalue weighted by Crippen LogP contribution is -2.30. The summed E-state index contributed by atoms with van der Waals surface area (Å²) in [7, 11) is -4.11. The molecule has 2 aliphatic rings. The van der Waals surface area contributed by atoms with E-state index in [0.29, 0.717) is 22.8 Å². The summed E-state index contributed by atoms with van der Waals surface area (Å²) in [6.07, 6.45) is -0.697. The number of rotatable bonds is 2. The number of aromatic nitrogens is 2. The Hall–Kier alpha value is -4.64. The van der Waals surface area contributed by atoms with Crippen LogP contribution in [0.15, 0.2) is 71.6 Å². The molecule has 1 atom stereocenters. The number of aryl methyl sites for hydroxylation is 2. The predicted octanol–water partition coefficient (Wildman–Crippen LogP) is 4.15. The molecule has 11 heteroatoms. The number of ether oxygens (including phenoxy) is 3. The summed E-state index contributed by atoms with van der Waals surface area (Å²) < 4.78 is 46.3. The monoisotopic (exact) mass is 544 g/mol. The second-order valence-electron chi connectivity index (χ2n) is 9.24. The highest BCUT2D eigenvalue weighted by atomic mass is 32.2. The maximum absolute atomic E-state index is 13.3. The van der Waals surface area contributed by atoms with Crippen LogP contribution < -0.4 is 24.2 Å². The van der Waals surface area contributed by atoms with Crippen molar-refractivity contribution < 1.29 is 27.4 Å². The predicted molar refractivity (Wildman–Crippen MR) is 142 cm³/mol. The molecule has 0 aliphatic carbocycles. The number of fused-ring (bicyclic) bond motifs is 5. The average molecular weight is 545 g/mol. The molecule has 1 unspecified atom stereocenters. The average Bonchev–Trinajstić information content (AvgIpc) is 3.38. The fraction of sp³-hybridized carbons (Fsp3) is 0.179. The van der Waals surface area contributed by atoms with Crippen LogP contribution in [0.25, 0.3) is 11.3 Å². The Morgan fingerprint density at radius 3 is 2.49 bits per heavy atom. The number of hydrogen-bond acceptors (Lipinski definition) is 8. The number of anilines is 1. The van der Waals surface area contributed by atoms with Crippen LogP contribution in [0.3, 0.4) is 0 Å². The first-order valence-corrected chi connectivity index (χ1v) is 13.7. The van der Waals surface area contributed by atoms with E-state index in [1.54, 1.807) is 24.3 Å². The molecule has 4 aromatic rings. The third-order valence-corrected chi connectivity index (χ3v) is 7.88. The zero-order valence-electron chi connectivity index (χ0n) is 21.1. The minimum Gasteiger partial charge on any atom is -0.467 e. The van der Waals surface area contributed by atoms with Crippen LogP contribution in [0.1, 0.15) is 33.2 Å². The van der Waals surface area contributed by atoms with Crippen molar-refractivity contribution in [1.82, 2.24) is 15.3 Å². The first-order valence-electron chi connectivity index (χ1n) is 12.2. The van der Waals surface area contributed by atoms with Crippen molar-refractivity contribution in [3.63, 3.8) is 0 Å². The molecule has 10 nitrogen and oxygen atoms in total. The first kappa shape index (κ1) is 24.7. The molecule has 1 aromatic heterocycles. The van der Waals surface area contributed by atoms with Crippen LogP contribution in [0.2, 0.25) is 0 Å². The molecule has 1 amide bonds. The molecule has 6 rings (SSSR count). The van der Waals surface area contributed by atoms with Gasteiger partial charge in [0.1, 0.15) is 6.10 Å². The van der Waals surface area contributed by atoms with Gasteiger partial charge in [0, 0.05) is 17.2 Å². The fourth-order valence-corrected chi connectivity index (χ4v) is 5.62. The van der Waals surface area contributed by atoms with Gasteiger partial charge < -0.3 is 19.5 Å². The molecule has 0 radical (unpaired) electrons. The van der Waals surface area contributed by atoms with E-state index in [9.17, 15) is 13.2 Å². The lowest BCUT2D eigenvalue weighted by Gasteiger charge is -2.21. The Bertz CT molecular complexity index is 1700. The summed E-state index contributed by atoms with van der Waals surface area (Å²) >= 11 is 0. The lowest BCUT2D eigenvalue weighted by atomic mass is 10.00. The van der Waals surface area contributed by atoms with E-state index >= 15 is 0 Å². The molecule has 4 bridgehead atoms. The van der Waals surface area contributed by atoms with Gasteiger partial charge in [-0.15, -0.1) is 0 Å². The van der Waals surface area contributed by atoms with Crippen LogP contribution in [-0.4, -0.2) is 37.6 Å². The van der Waals surface area contributed by atoms with E-state index < -0.39 is 22.0 Å². The highest BCUT2D eigenvalue weighted by molar-refractivity contribution is 7.92. The van der Waals surface area contributed by atoms with Crippen LogP contribution in [0.5, 0.6) is 17.4 Å². The van der Waals surface area contributed by atoms with E-state index in [1.807, 2.05) is 38.1 Å². The number of sulfonamides is 1. The van der Waals surface area contributed by atoms with Crippen molar-refractivity contribution in [3.8, 4) is 28.6 Å². The largest absolute Gasteiger partial charge is 0.467 e. The summed E-state index contributed by atoms with van der Waals surface area (Å²) in [4.78, 5) is 21.8. The summed E-state index contributed by atoms with van der Waals surface area (Å²) in [5.74, 6) is 0.696. The molecule has 0 spiro atoms. The van der Waals surface area contributed by atoms with E-state index in [0.717, 1.165) is 16.7 Å². The molecule has 39 heavy (non-hydrogen) atoms. The van der Waals surface area contributed by atoms with Crippen LogP contribution in [0, 0.1) is 13.8 Å². The number of nitrogens with zero attached hydrogens (tertiary/aromatic N) is 2. The van der Waals surface area contributed by atoms with E-state index in [2.05, 4.69) is 20.0 Å². The topological polar surface area (TPSA) is 129 Å². The smallest absolute Gasteiger partial charge is 0.264 e. The number of nitrogens with one attached hydrogen (secondary N) is 2. The highest BCUT2D eigenvalue weighted by Crippen LogP contribution is 2.36. The minimum atomic E-state index is -4.11. The van der Waals surface area contributed by atoms with Gasteiger partial charge in [0.15, 0.2) is 11.5 Å². The third kappa shape index (κ3) is 4.84. The molecule has 3 heterocycles. The zero-order valence-corrected chi connectivity index (χ0v) is 21.9. The van der Waals surface area contributed by atoms with E-state index in [-0.39, 0.29) is 35.6 Å². The van der Waals surface area contributed by atoms with Crippen molar-refractivity contribution in [1.29, 1.82) is 0 Å². The van der Waals surface area contributed by atoms with Crippen molar-refractivity contribution in [2.24, 2.45) is 0 Å². The van der Waals surface area contributed by atoms with Crippen LogP contribution in [0.4, 0.5) is 5.95 Å². The molecule has 0 saturated carbocycles. The third-order valence-electron chi connectivity index (χ3n) is 6.55. The SMILES string of the molecule is Cc1cccc(C)c1-c1cc2nc(n1)NS(=O)(=O)c1cccc(c1)C(=O)NCC(c1ccc3c(c1)OCO3)O2. The van der Waals surface area contributed by atoms with Gasteiger partial charge in [0.05, 0.1) is 17.1 Å². The molecule has 2 N–H and O–H groups in total. The highest BCUT2D eigenvalue weighted by Gasteiger charge is 2.25. The molecule has 0 saturated heterocycles. The quantitative estimate of drug-likeness (QED) is 0.385. The Morgan fingerprint density at radius 1 is 0.897 bits per heavy atom. The van der Waals surface area contributed by atoms with Gasteiger partial charge in [-0.3, -0.25) is 4.79 Å². The summed E-state index contributed by atoms with van der Waals surface area (Å²) in [5.41, 5.74) is 4.13. The maximum Gasteiger partial charge on any atom is 0.264 e. The number of carbonyl (C=O) groups excluding carboxylic acids is 1. The normalized spacial score (nSPS) is 17.5. The Balaban J connectivity index is 1.51. The van der Waals surface area contributed by atoms with Gasteiger partial charge >= 0.3 is 0 Å². The van der Waals surface area contributed by atoms with Crippen molar-refractivity contribution in [2.45, 2.75) is 24.8 Å². The number of carbonyl (C=O) groups is 1. The van der Waals surface area contributed by atoms with E-state index in [1.165, 1.54) is 18.2 Å². The zero-order chi connectivity index (χ0) is 27.1. The fourth-order valence-electron chi connectivity index (χ4n) is 4.64. The van der Waals surface area contributed by atoms with E-state index in [4.69, 9.17) is 14.2 Å². The minimum absolute atomic E-state index is 0.0704.